The number of para-hydroxylation sites is 1. The number of benzene rings is 1. The fraction of sp³-hybridized carbons (Fsp3) is 0.357. The van der Waals surface area contributed by atoms with Gasteiger partial charge in [0.1, 0.15) is 0 Å². The third kappa shape index (κ3) is 2.54. The zero-order valence-corrected chi connectivity index (χ0v) is 12.4. The molecule has 0 bridgehead atoms. The van der Waals surface area contributed by atoms with Gasteiger partial charge in [0.2, 0.25) is 0 Å². The molecule has 0 atom stereocenters. The third-order valence-corrected chi connectivity index (χ3v) is 3.40. The Morgan fingerprint density at radius 1 is 1.32 bits per heavy atom. The van der Waals surface area contributed by atoms with Crippen molar-refractivity contribution in [2.45, 2.75) is 33.7 Å². The van der Waals surface area contributed by atoms with Crippen LogP contribution in [0.25, 0.3) is 0 Å². The van der Waals surface area contributed by atoms with Crippen LogP contribution < -0.4 is 11.1 Å². The highest BCUT2D eigenvalue weighted by Crippen LogP contribution is 2.33. The van der Waals surface area contributed by atoms with E-state index in [-0.39, 0.29) is 6.04 Å². The van der Waals surface area contributed by atoms with Crippen LogP contribution in [-0.4, -0.2) is 9.78 Å². The molecule has 19 heavy (non-hydrogen) atoms. The molecule has 102 valence electrons. The second-order valence-electron chi connectivity index (χ2n) is 4.94. The lowest BCUT2D eigenvalue weighted by Crippen LogP contribution is -2.08. The summed E-state index contributed by atoms with van der Waals surface area (Å²) in [5, 5.41) is 8.45. The number of nitrogens with zero attached hydrogens (tertiary/aromatic N) is 2. The predicted octanol–water partition coefficient (Wildman–Crippen LogP) is 4.06. The summed E-state index contributed by atoms with van der Waals surface area (Å²) in [5.41, 5.74) is 9.52. The second-order valence-corrected chi connectivity index (χ2v) is 5.35. The lowest BCUT2D eigenvalue weighted by Gasteiger charge is -2.15. The minimum atomic E-state index is 0.223. The first kappa shape index (κ1) is 13.7. The topological polar surface area (TPSA) is 55.9 Å². The fourth-order valence-electron chi connectivity index (χ4n) is 1.97. The van der Waals surface area contributed by atoms with E-state index in [1.54, 1.807) is 0 Å². The lowest BCUT2D eigenvalue weighted by atomic mass is 10.2. The van der Waals surface area contributed by atoms with Gasteiger partial charge in [-0.1, -0.05) is 23.7 Å². The van der Waals surface area contributed by atoms with Crippen molar-refractivity contribution in [2.24, 2.45) is 0 Å². The summed E-state index contributed by atoms with van der Waals surface area (Å²) in [4.78, 5) is 0. The molecule has 0 saturated carbocycles. The Morgan fingerprint density at radius 2 is 2.00 bits per heavy atom. The van der Waals surface area contributed by atoms with E-state index in [0.717, 1.165) is 22.8 Å². The van der Waals surface area contributed by atoms with E-state index in [9.17, 15) is 0 Å². The van der Waals surface area contributed by atoms with E-state index in [4.69, 9.17) is 17.3 Å². The van der Waals surface area contributed by atoms with Gasteiger partial charge in [-0.15, -0.1) is 0 Å². The van der Waals surface area contributed by atoms with Gasteiger partial charge in [0.15, 0.2) is 5.82 Å². The summed E-state index contributed by atoms with van der Waals surface area (Å²) < 4.78 is 1.88. The fourth-order valence-corrected chi connectivity index (χ4v) is 2.24. The Labute approximate surface area is 118 Å². The summed E-state index contributed by atoms with van der Waals surface area (Å²) in [5.74, 6) is 0.795. The number of halogens is 1. The van der Waals surface area contributed by atoms with Crippen LogP contribution in [0.3, 0.4) is 0 Å². The molecular weight excluding hydrogens is 260 g/mol. The number of aryl methyl sites for hydroxylation is 2. The number of anilines is 3. The Balaban J connectivity index is 2.49. The molecule has 0 aliphatic rings. The highest BCUT2D eigenvalue weighted by molar-refractivity contribution is 6.33. The molecule has 0 fully saturated rings. The maximum atomic E-state index is 6.24. The number of rotatable bonds is 3. The molecule has 0 radical (unpaired) electrons. The van der Waals surface area contributed by atoms with E-state index in [0.29, 0.717) is 10.7 Å². The highest BCUT2D eigenvalue weighted by Gasteiger charge is 2.16. The normalized spacial score (nSPS) is 11.1. The second kappa shape index (κ2) is 5.13. The molecule has 2 rings (SSSR count). The number of nitrogen functional groups attached to an aromatic ring is 1. The van der Waals surface area contributed by atoms with Gasteiger partial charge in [-0.3, -0.25) is 0 Å². The van der Waals surface area contributed by atoms with Gasteiger partial charge in [-0.2, -0.15) is 5.10 Å². The van der Waals surface area contributed by atoms with Gasteiger partial charge in [0.05, 0.1) is 22.1 Å². The van der Waals surface area contributed by atoms with Crippen molar-refractivity contribution < 1.29 is 0 Å². The van der Waals surface area contributed by atoms with Gasteiger partial charge >= 0.3 is 0 Å². The molecule has 0 aliphatic carbocycles. The van der Waals surface area contributed by atoms with E-state index in [1.807, 2.05) is 36.7 Å². The minimum Gasteiger partial charge on any atom is -0.394 e. The summed E-state index contributed by atoms with van der Waals surface area (Å²) in [6.45, 7) is 8.04. The molecule has 0 aliphatic heterocycles. The zero-order valence-electron chi connectivity index (χ0n) is 11.7. The average molecular weight is 279 g/mol. The molecule has 2 aromatic rings. The van der Waals surface area contributed by atoms with Crippen molar-refractivity contribution >= 4 is 28.8 Å². The standard InChI is InChI=1S/C14H19ClN4/c1-8(2)19-14(12(16)10(4)18-19)17-13-9(3)6-5-7-11(13)15/h5-8,17H,16H2,1-4H3. The van der Waals surface area contributed by atoms with Gasteiger partial charge in [-0.25, -0.2) is 4.68 Å². The molecular formula is C14H19ClN4. The summed E-state index contributed by atoms with van der Waals surface area (Å²) in [7, 11) is 0. The van der Waals surface area contributed by atoms with E-state index < -0.39 is 0 Å². The predicted molar refractivity (Wildman–Crippen MR) is 81.2 cm³/mol. The van der Waals surface area contributed by atoms with Crippen molar-refractivity contribution in [3.63, 3.8) is 0 Å². The van der Waals surface area contributed by atoms with Crippen molar-refractivity contribution in [3.05, 3.63) is 34.5 Å². The number of aromatic nitrogens is 2. The number of nitrogens with two attached hydrogens (primary N) is 1. The van der Waals surface area contributed by atoms with E-state index in [1.165, 1.54) is 0 Å². The van der Waals surface area contributed by atoms with Gasteiger partial charge in [0.25, 0.3) is 0 Å². The molecule has 0 spiro atoms. The molecule has 0 unspecified atom stereocenters. The van der Waals surface area contributed by atoms with Crippen LogP contribution >= 0.6 is 11.6 Å². The van der Waals surface area contributed by atoms with E-state index in [2.05, 4.69) is 24.3 Å². The van der Waals surface area contributed by atoms with Crippen LogP contribution in [0.1, 0.15) is 31.1 Å². The summed E-state index contributed by atoms with van der Waals surface area (Å²) >= 11 is 6.24. The number of hydrogen-bond acceptors (Lipinski definition) is 3. The molecule has 4 nitrogen and oxygen atoms in total. The van der Waals surface area contributed by atoms with Gasteiger partial charge in [0, 0.05) is 6.04 Å². The molecule has 1 heterocycles. The average Bonchev–Trinajstić information content (AvgIpc) is 2.62. The maximum absolute atomic E-state index is 6.24. The van der Waals surface area contributed by atoms with E-state index >= 15 is 0 Å². The number of hydrogen-bond donors (Lipinski definition) is 2. The molecule has 0 saturated heterocycles. The third-order valence-electron chi connectivity index (χ3n) is 3.09. The SMILES string of the molecule is Cc1cccc(Cl)c1Nc1c(N)c(C)nn1C(C)C. The monoisotopic (exact) mass is 278 g/mol. The van der Waals surface area contributed by atoms with Crippen LogP contribution in [0.4, 0.5) is 17.2 Å². The largest absolute Gasteiger partial charge is 0.394 e. The van der Waals surface area contributed by atoms with Crippen molar-refractivity contribution in [2.75, 3.05) is 11.1 Å². The van der Waals surface area contributed by atoms with Crippen LogP contribution in [-0.2, 0) is 0 Å². The molecule has 0 amide bonds. The Kier molecular flexibility index (Phi) is 3.71. The molecule has 1 aromatic heterocycles. The van der Waals surface area contributed by atoms with Crippen molar-refractivity contribution in [3.8, 4) is 0 Å². The lowest BCUT2D eigenvalue weighted by molar-refractivity contribution is 0.536. The first-order valence-electron chi connectivity index (χ1n) is 6.28. The first-order valence-corrected chi connectivity index (χ1v) is 6.66. The Hall–Kier alpha value is -1.68. The smallest absolute Gasteiger partial charge is 0.152 e. The number of nitrogens with one attached hydrogen (secondary N) is 1. The maximum Gasteiger partial charge on any atom is 0.152 e. The minimum absolute atomic E-state index is 0.223. The quantitative estimate of drug-likeness (QED) is 0.890. The van der Waals surface area contributed by atoms with Gasteiger partial charge in [-0.05, 0) is 39.3 Å². The van der Waals surface area contributed by atoms with Crippen molar-refractivity contribution in [1.82, 2.24) is 9.78 Å². The van der Waals surface area contributed by atoms with Crippen LogP contribution in [0.15, 0.2) is 18.2 Å². The van der Waals surface area contributed by atoms with Crippen LogP contribution in [0.5, 0.6) is 0 Å². The summed E-state index contributed by atoms with van der Waals surface area (Å²) in [6.07, 6.45) is 0. The van der Waals surface area contributed by atoms with Crippen LogP contribution in [0.2, 0.25) is 5.02 Å². The molecule has 3 N–H and O–H groups in total. The molecule has 5 heteroatoms. The van der Waals surface area contributed by atoms with Crippen LogP contribution in [0, 0.1) is 13.8 Å². The molecule has 1 aromatic carbocycles. The Morgan fingerprint density at radius 3 is 2.58 bits per heavy atom. The zero-order chi connectivity index (χ0) is 14.2. The first-order chi connectivity index (χ1) is 8.91. The van der Waals surface area contributed by atoms with Gasteiger partial charge < -0.3 is 11.1 Å². The van der Waals surface area contributed by atoms with Crippen molar-refractivity contribution in [1.29, 1.82) is 0 Å². The highest BCUT2D eigenvalue weighted by atomic mass is 35.5. The summed E-state index contributed by atoms with van der Waals surface area (Å²) in [6, 6.07) is 6.02. The Bertz CT molecular complexity index is 581.